The fourth-order valence-corrected chi connectivity index (χ4v) is 4.33. The van der Waals surface area contributed by atoms with Gasteiger partial charge in [-0.1, -0.05) is 23.8 Å². The van der Waals surface area contributed by atoms with Crippen LogP contribution in [0.5, 0.6) is 0 Å². The Morgan fingerprint density at radius 1 is 1.22 bits per heavy atom. The molecule has 0 radical (unpaired) electrons. The largest absolute Gasteiger partial charge is 0.300 e. The first kappa shape index (κ1) is 17.6. The lowest BCUT2D eigenvalue weighted by Crippen LogP contribution is -2.27. The maximum Gasteiger partial charge on any atom is 0.262 e. The summed E-state index contributed by atoms with van der Waals surface area (Å²) in [4.78, 5) is 34.1. The van der Waals surface area contributed by atoms with Gasteiger partial charge in [0, 0.05) is 10.9 Å². The standard InChI is InChI=1S/C19H16N4O2S2/c1-11-3-4-13(12(2)7-11)15-9-27-19(21-15)22-16(24)8-23-10-20-17-14(18(23)25)5-6-26-17/h3-7,9-10H,8H2,1-2H3,(H,21,22,24). The minimum atomic E-state index is -0.310. The summed E-state index contributed by atoms with van der Waals surface area (Å²) in [5, 5.41) is 7.53. The fraction of sp³-hybridized carbons (Fsp3) is 0.158. The molecule has 27 heavy (non-hydrogen) atoms. The molecule has 0 spiro atoms. The molecule has 0 saturated heterocycles. The maximum atomic E-state index is 12.4. The van der Waals surface area contributed by atoms with E-state index in [1.807, 2.05) is 36.7 Å². The number of hydrogen-bond acceptors (Lipinski definition) is 6. The maximum absolute atomic E-state index is 12.4. The minimum Gasteiger partial charge on any atom is -0.300 e. The lowest BCUT2D eigenvalue weighted by molar-refractivity contribution is -0.116. The third-order valence-electron chi connectivity index (χ3n) is 4.17. The first-order valence-corrected chi connectivity index (χ1v) is 10.0. The molecular formula is C19H16N4O2S2. The highest BCUT2D eigenvalue weighted by atomic mass is 32.1. The monoisotopic (exact) mass is 396 g/mol. The van der Waals surface area contributed by atoms with Gasteiger partial charge >= 0.3 is 0 Å². The van der Waals surface area contributed by atoms with Gasteiger partial charge in [-0.15, -0.1) is 22.7 Å². The van der Waals surface area contributed by atoms with Crippen molar-refractivity contribution >= 4 is 43.9 Å². The van der Waals surface area contributed by atoms with Gasteiger partial charge in [0.25, 0.3) is 5.56 Å². The molecule has 1 aromatic carbocycles. The zero-order valence-corrected chi connectivity index (χ0v) is 16.4. The number of thiazole rings is 1. The van der Waals surface area contributed by atoms with Gasteiger partial charge in [-0.2, -0.15) is 0 Å². The first-order chi connectivity index (χ1) is 13.0. The number of carbonyl (C=O) groups excluding carboxylic acids is 1. The molecular weight excluding hydrogens is 380 g/mol. The van der Waals surface area contributed by atoms with E-state index in [4.69, 9.17) is 0 Å². The van der Waals surface area contributed by atoms with Crippen LogP contribution >= 0.6 is 22.7 Å². The summed E-state index contributed by atoms with van der Waals surface area (Å²) in [6.07, 6.45) is 1.41. The summed E-state index contributed by atoms with van der Waals surface area (Å²) < 4.78 is 1.31. The van der Waals surface area contributed by atoms with Gasteiger partial charge in [-0.05, 0) is 30.9 Å². The van der Waals surface area contributed by atoms with E-state index in [0.29, 0.717) is 15.3 Å². The van der Waals surface area contributed by atoms with Crippen molar-refractivity contribution in [1.29, 1.82) is 0 Å². The highest BCUT2D eigenvalue weighted by Gasteiger charge is 2.12. The second-order valence-corrected chi connectivity index (χ2v) is 7.97. The average Bonchev–Trinajstić information content (AvgIpc) is 3.27. The molecule has 0 bridgehead atoms. The van der Waals surface area contributed by atoms with Crippen molar-refractivity contribution in [3.8, 4) is 11.3 Å². The Labute approximate surface area is 163 Å². The number of amides is 1. The van der Waals surface area contributed by atoms with Gasteiger partial charge in [0.05, 0.1) is 17.4 Å². The number of aromatic nitrogens is 3. The second-order valence-electron chi connectivity index (χ2n) is 6.22. The summed E-state index contributed by atoms with van der Waals surface area (Å²) in [5.41, 5.74) is 3.99. The number of thiophene rings is 1. The molecule has 3 heterocycles. The van der Waals surface area contributed by atoms with Crippen LogP contribution < -0.4 is 10.9 Å². The van der Waals surface area contributed by atoms with Crippen molar-refractivity contribution < 1.29 is 4.79 Å². The summed E-state index contributed by atoms with van der Waals surface area (Å²) in [5.74, 6) is -0.310. The van der Waals surface area contributed by atoms with Crippen molar-refractivity contribution in [2.24, 2.45) is 0 Å². The van der Waals surface area contributed by atoms with Crippen molar-refractivity contribution in [2.45, 2.75) is 20.4 Å². The minimum absolute atomic E-state index is 0.101. The molecule has 3 aromatic heterocycles. The Morgan fingerprint density at radius 2 is 2.07 bits per heavy atom. The molecule has 4 aromatic rings. The number of rotatable bonds is 4. The van der Waals surface area contributed by atoms with Crippen LogP contribution in [0.2, 0.25) is 0 Å². The molecule has 4 rings (SSSR count). The zero-order valence-electron chi connectivity index (χ0n) is 14.7. The van der Waals surface area contributed by atoms with E-state index in [9.17, 15) is 9.59 Å². The van der Waals surface area contributed by atoms with Gasteiger partial charge in [-0.3, -0.25) is 14.2 Å². The molecule has 6 nitrogen and oxygen atoms in total. The fourth-order valence-electron chi connectivity index (χ4n) is 2.88. The van der Waals surface area contributed by atoms with Crippen LogP contribution in [0, 0.1) is 13.8 Å². The van der Waals surface area contributed by atoms with Crippen LogP contribution in [0.25, 0.3) is 21.5 Å². The van der Waals surface area contributed by atoms with E-state index in [2.05, 4.69) is 21.4 Å². The SMILES string of the molecule is Cc1ccc(-c2csc(NC(=O)Cn3cnc4sccc4c3=O)n2)c(C)c1. The number of anilines is 1. The van der Waals surface area contributed by atoms with Gasteiger partial charge in [0.1, 0.15) is 11.4 Å². The Morgan fingerprint density at radius 3 is 2.89 bits per heavy atom. The molecule has 0 saturated carbocycles. The molecule has 0 atom stereocenters. The van der Waals surface area contributed by atoms with E-state index in [1.54, 1.807) is 6.07 Å². The third-order valence-corrected chi connectivity index (χ3v) is 5.75. The van der Waals surface area contributed by atoms with Gasteiger partial charge in [0.2, 0.25) is 5.91 Å². The Balaban J connectivity index is 1.51. The third kappa shape index (κ3) is 3.54. The van der Waals surface area contributed by atoms with E-state index in [1.165, 1.54) is 39.1 Å². The smallest absolute Gasteiger partial charge is 0.262 e. The van der Waals surface area contributed by atoms with Crippen LogP contribution in [0.1, 0.15) is 11.1 Å². The quantitative estimate of drug-likeness (QED) is 0.569. The number of hydrogen-bond donors (Lipinski definition) is 1. The Hall–Kier alpha value is -2.84. The number of carbonyl (C=O) groups is 1. The number of benzene rings is 1. The molecule has 1 N–H and O–H groups in total. The predicted molar refractivity (Wildman–Crippen MR) is 110 cm³/mol. The molecule has 0 aliphatic carbocycles. The predicted octanol–water partition coefficient (Wildman–Crippen LogP) is 3.84. The number of fused-ring (bicyclic) bond motifs is 1. The molecule has 0 aliphatic heterocycles. The van der Waals surface area contributed by atoms with Crippen LogP contribution in [0.3, 0.4) is 0 Å². The summed E-state index contributed by atoms with van der Waals surface area (Å²) in [7, 11) is 0. The summed E-state index contributed by atoms with van der Waals surface area (Å²) >= 11 is 2.76. The lowest BCUT2D eigenvalue weighted by Gasteiger charge is -2.05. The van der Waals surface area contributed by atoms with Crippen LogP contribution in [-0.2, 0) is 11.3 Å². The van der Waals surface area contributed by atoms with E-state index in [-0.39, 0.29) is 18.0 Å². The lowest BCUT2D eigenvalue weighted by atomic mass is 10.0. The van der Waals surface area contributed by atoms with Crippen molar-refractivity contribution in [2.75, 3.05) is 5.32 Å². The first-order valence-electron chi connectivity index (χ1n) is 8.27. The van der Waals surface area contributed by atoms with Gasteiger partial charge in [0.15, 0.2) is 5.13 Å². The molecule has 0 fully saturated rings. The van der Waals surface area contributed by atoms with Crippen LogP contribution in [0.15, 0.2) is 46.1 Å². The highest BCUT2D eigenvalue weighted by molar-refractivity contribution is 7.16. The summed E-state index contributed by atoms with van der Waals surface area (Å²) in [6.45, 7) is 3.99. The van der Waals surface area contributed by atoms with Crippen molar-refractivity contribution in [3.05, 3.63) is 62.8 Å². The molecule has 1 amide bonds. The Bertz CT molecular complexity index is 1210. The van der Waals surface area contributed by atoms with Gasteiger partial charge in [-0.25, -0.2) is 9.97 Å². The summed E-state index contributed by atoms with van der Waals surface area (Å²) in [6, 6.07) is 7.90. The molecule has 0 aliphatic rings. The molecule has 8 heteroatoms. The van der Waals surface area contributed by atoms with Crippen LogP contribution in [-0.4, -0.2) is 20.4 Å². The van der Waals surface area contributed by atoms with Gasteiger partial charge < -0.3 is 5.32 Å². The normalized spacial score (nSPS) is 11.0. The molecule has 136 valence electrons. The van der Waals surface area contributed by atoms with E-state index in [0.717, 1.165) is 16.8 Å². The van der Waals surface area contributed by atoms with E-state index >= 15 is 0 Å². The van der Waals surface area contributed by atoms with E-state index < -0.39 is 0 Å². The number of nitrogens with zero attached hydrogens (tertiary/aromatic N) is 3. The molecule has 0 unspecified atom stereocenters. The second kappa shape index (κ2) is 7.05. The van der Waals surface area contributed by atoms with Crippen molar-refractivity contribution in [1.82, 2.24) is 14.5 Å². The van der Waals surface area contributed by atoms with Crippen molar-refractivity contribution in [3.63, 3.8) is 0 Å². The topological polar surface area (TPSA) is 76.9 Å². The van der Waals surface area contributed by atoms with Crippen LogP contribution in [0.4, 0.5) is 5.13 Å². The number of nitrogens with one attached hydrogen (secondary N) is 1. The number of aryl methyl sites for hydroxylation is 2. The Kier molecular flexibility index (Phi) is 4.59. The highest BCUT2D eigenvalue weighted by Crippen LogP contribution is 2.28. The zero-order chi connectivity index (χ0) is 19.0. The average molecular weight is 396 g/mol.